The number of nitrogens with one attached hydrogen (secondary N) is 1. The van der Waals surface area contributed by atoms with Gasteiger partial charge in [-0.15, -0.1) is 0 Å². The molecule has 2 rings (SSSR count). The summed E-state index contributed by atoms with van der Waals surface area (Å²) in [5, 5.41) is 15.7. The first kappa shape index (κ1) is 13.3. The standard InChI is InChI=1S/C15H18N2O2/c1-9-6-11(3)12(7-10(9)2)13-8-16-17-14(13)4-5-15(18)19/h6-8H,4-5H2,1-3H3,(H,16,17)(H,18,19). The first-order valence-corrected chi connectivity index (χ1v) is 6.31. The SMILES string of the molecule is Cc1cc(C)c(-c2cn[nH]c2CCC(=O)O)cc1C. The summed E-state index contributed by atoms with van der Waals surface area (Å²) in [5.41, 5.74) is 6.68. The van der Waals surface area contributed by atoms with E-state index in [1.807, 2.05) is 0 Å². The van der Waals surface area contributed by atoms with Crippen molar-refractivity contribution in [3.05, 3.63) is 40.7 Å². The largest absolute Gasteiger partial charge is 0.481 e. The highest BCUT2D eigenvalue weighted by Gasteiger charge is 2.12. The lowest BCUT2D eigenvalue weighted by atomic mass is 9.95. The number of benzene rings is 1. The van der Waals surface area contributed by atoms with Crippen LogP contribution in [-0.4, -0.2) is 21.3 Å². The molecule has 2 aromatic rings. The molecule has 0 radical (unpaired) electrons. The van der Waals surface area contributed by atoms with E-state index in [0.717, 1.165) is 16.8 Å². The van der Waals surface area contributed by atoms with Gasteiger partial charge in [0.15, 0.2) is 0 Å². The van der Waals surface area contributed by atoms with Gasteiger partial charge in [0.25, 0.3) is 0 Å². The molecule has 0 saturated heterocycles. The average Bonchev–Trinajstić information content (AvgIpc) is 2.79. The van der Waals surface area contributed by atoms with Crippen LogP contribution < -0.4 is 0 Å². The molecule has 1 aromatic carbocycles. The third kappa shape index (κ3) is 2.84. The molecule has 0 spiro atoms. The molecule has 0 saturated carbocycles. The zero-order valence-corrected chi connectivity index (χ0v) is 11.4. The lowest BCUT2D eigenvalue weighted by Gasteiger charge is -2.10. The number of hydrogen-bond donors (Lipinski definition) is 2. The Labute approximate surface area is 112 Å². The van der Waals surface area contributed by atoms with Crippen molar-refractivity contribution < 1.29 is 9.90 Å². The molecule has 4 nitrogen and oxygen atoms in total. The van der Waals surface area contributed by atoms with Crippen LogP contribution in [0.25, 0.3) is 11.1 Å². The smallest absolute Gasteiger partial charge is 0.303 e. The van der Waals surface area contributed by atoms with Crippen LogP contribution in [0.4, 0.5) is 0 Å². The molecule has 0 atom stereocenters. The number of carboxylic acid groups (broad SMARTS) is 1. The van der Waals surface area contributed by atoms with E-state index in [9.17, 15) is 4.79 Å². The summed E-state index contributed by atoms with van der Waals surface area (Å²) in [6.45, 7) is 6.23. The van der Waals surface area contributed by atoms with Crippen molar-refractivity contribution in [2.75, 3.05) is 0 Å². The molecule has 0 aliphatic rings. The lowest BCUT2D eigenvalue weighted by Crippen LogP contribution is -1.99. The number of nitrogens with zero attached hydrogens (tertiary/aromatic N) is 1. The van der Waals surface area contributed by atoms with Crippen molar-refractivity contribution in [3.63, 3.8) is 0 Å². The van der Waals surface area contributed by atoms with E-state index >= 15 is 0 Å². The van der Waals surface area contributed by atoms with E-state index < -0.39 is 5.97 Å². The minimum Gasteiger partial charge on any atom is -0.481 e. The highest BCUT2D eigenvalue weighted by atomic mass is 16.4. The highest BCUT2D eigenvalue weighted by molar-refractivity contribution is 5.72. The van der Waals surface area contributed by atoms with E-state index in [2.05, 4.69) is 43.1 Å². The summed E-state index contributed by atoms with van der Waals surface area (Å²) < 4.78 is 0. The summed E-state index contributed by atoms with van der Waals surface area (Å²) >= 11 is 0. The molecule has 1 heterocycles. The lowest BCUT2D eigenvalue weighted by molar-refractivity contribution is -0.136. The Balaban J connectivity index is 2.40. The Morgan fingerprint density at radius 1 is 1.16 bits per heavy atom. The number of aliphatic carboxylic acids is 1. The van der Waals surface area contributed by atoms with Crippen LogP contribution in [0.2, 0.25) is 0 Å². The van der Waals surface area contributed by atoms with Crippen LogP contribution in [0.1, 0.15) is 28.8 Å². The monoisotopic (exact) mass is 258 g/mol. The Morgan fingerprint density at radius 3 is 2.53 bits per heavy atom. The van der Waals surface area contributed by atoms with Gasteiger partial charge in [0.1, 0.15) is 0 Å². The minimum absolute atomic E-state index is 0.110. The predicted octanol–water partition coefficient (Wildman–Crippen LogP) is 3.02. The maximum absolute atomic E-state index is 10.7. The molecule has 19 heavy (non-hydrogen) atoms. The summed E-state index contributed by atoms with van der Waals surface area (Å²) in [4.78, 5) is 10.7. The number of H-pyrrole nitrogens is 1. The van der Waals surface area contributed by atoms with E-state index in [0.29, 0.717) is 6.42 Å². The molecule has 4 heteroatoms. The molecule has 0 unspecified atom stereocenters. The first-order valence-electron chi connectivity index (χ1n) is 6.31. The molecule has 1 aromatic heterocycles. The number of carbonyl (C=O) groups is 1. The van der Waals surface area contributed by atoms with Crippen LogP contribution >= 0.6 is 0 Å². The fourth-order valence-electron chi connectivity index (χ4n) is 2.22. The second-order valence-electron chi connectivity index (χ2n) is 4.91. The van der Waals surface area contributed by atoms with Crippen LogP contribution in [0, 0.1) is 20.8 Å². The number of aryl methyl sites for hydroxylation is 4. The quantitative estimate of drug-likeness (QED) is 0.885. The summed E-state index contributed by atoms with van der Waals surface area (Å²) in [6.07, 6.45) is 2.35. The van der Waals surface area contributed by atoms with Gasteiger partial charge < -0.3 is 5.11 Å². The third-order valence-corrected chi connectivity index (χ3v) is 3.44. The number of carboxylic acids is 1. The van der Waals surface area contributed by atoms with Crippen LogP contribution in [0.5, 0.6) is 0 Å². The van der Waals surface area contributed by atoms with Gasteiger partial charge in [0, 0.05) is 17.7 Å². The first-order chi connectivity index (χ1) is 8.99. The Kier molecular flexibility index (Phi) is 3.69. The maximum Gasteiger partial charge on any atom is 0.303 e. The number of aromatic amines is 1. The topological polar surface area (TPSA) is 66.0 Å². The average molecular weight is 258 g/mol. The van der Waals surface area contributed by atoms with Gasteiger partial charge in [-0.25, -0.2) is 0 Å². The van der Waals surface area contributed by atoms with Crippen molar-refractivity contribution >= 4 is 5.97 Å². The Morgan fingerprint density at radius 2 is 1.84 bits per heavy atom. The molecule has 0 aliphatic heterocycles. The van der Waals surface area contributed by atoms with Gasteiger partial charge in [0.05, 0.1) is 12.6 Å². The van der Waals surface area contributed by atoms with E-state index in [-0.39, 0.29) is 6.42 Å². The number of aromatic nitrogens is 2. The van der Waals surface area contributed by atoms with Crippen LogP contribution in [0.3, 0.4) is 0 Å². The predicted molar refractivity (Wildman–Crippen MR) is 74.2 cm³/mol. The van der Waals surface area contributed by atoms with Gasteiger partial charge in [-0.2, -0.15) is 5.10 Å². The number of rotatable bonds is 4. The van der Waals surface area contributed by atoms with E-state index in [4.69, 9.17) is 5.11 Å². The molecular formula is C15H18N2O2. The second kappa shape index (κ2) is 5.26. The highest BCUT2D eigenvalue weighted by Crippen LogP contribution is 2.28. The van der Waals surface area contributed by atoms with Gasteiger partial charge in [-0.3, -0.25) is 9.89 Å². The van der Waals surface area contributed by atoms with Crippen molar-refractivity contribution in [2.45, 2.75) is 33.6 Å². The van der Waals surface area contributed by atoms with Gasteiger partial charge >= 0.3 is 5.97 Å². The van der Waals surface area contributed by atoms with Gasteiger partial charge in [-0.1, -0.05) is 12.1 Å². The maximum atomic E-state index is 10.7. The van der Waals surface area contributed by atoms with E-state index in [1.54, 1.807) is 6.20 Å². The molecule has 0 bridgehead atoms. The fourth-order valence-corrected chi connectivity index (χ4v) is 2.22. The van der Waals surface area contributed by atoms with Gasteiger partial charge in [-0.05, 0) is 43.0 Å². The summed E-state index contributed by atoms with van der Waals surface area (Å²) in [6, 6.07) is 4.29. The Hall–Kier alpha value is -2.10. The molecule has 100 valence electrons. The second-order valence-corrected chi connectivity index (χ2v) is 4.91. The van der Waals surface area contributed by atoms with Crippen LogP contribution in [-0.2, 0) is 11.2 Å². The molecule has 0 fully saturated rings. The molecule has 2 N–H and O–H groups in total. The summed E-state index contributed by atoms with van der Waals surface area (Å²) in [7, 11) is 0. The normalized spacial score (nSPS) is 10.7. The minimum atomic E-state index is -0.794. The van der Waals surface area contributed by atoms with Crippen molar-refractivity contribution in [1.82, 2.24) is 10.2 Å². The third-order valence-electron chi connectivity index (χ3n) is 3.44. The van der Waals surface area contributed by atoms with Crippen LogP contribution in [0.15, 0.2) is 18.3 Å². The molecule has 0 aliphatic carbocycles. The van der Waals surface area contributed by atoms with Crippen molar-refractivity contribution in [3.8, 4) is 11.1 Å². The fraction of sp³-hybridized carbons (Fsp3) is 0.333. The van der Waals surface area contributed by atoms with E-state index in [1.165, 1.54) is 16.7 Å². The zero-order valence-electron chi connectivity index (χ0n) is 11.4. The zero-order chi connectivity index (χ0) is 14.0. The van der Waals surface area contributed by atoms with Crippen molar-refractivity contribution in [1.29, 1.82) is 0 Å². The molecular weight excluding hydrogens is 240 g/mol. The van der Waals surface area contributed by atoms with Crippen molar-refractivity contribution in [2.24, 2.45) is 0 Å². The summed E-state index contributed by atoms with van der Waals surface area (Å²) in [5.74, 6) is -0.794. The molecule has 0 amide bonds. The Bertz CT molecular complexity index is 615. The number of hydrogen-bond acceptors (Lipinski definition) is 2. The van der Waals surface area contributed by atoms with Gasteiger partial charge in [0.2, 0.25) is 0 Å².